The smallest absolute Gasteiger partial charge is 0.209 e. The average Bonchev–Trinajstić information content (AvgIpc) is 3.09. The van der Waals surface area contributed by atoms with Gasteiger partial charge >= 0.3 is 0 Å². The molecule has 0 atom stereocenters. The van der Waals surface area contributed by atoms with Crippen LogP contribution >= 0.6 is 11.3 Å². The molecule has 1 fully saturated rings. The molecule has 4 rings (SSSR count). The predicted octanol–water partition coefficient (Wildman–Crippen LogP) is 3.73. The van der Waals surface area contributed by atoms with Crippen LogP contribution in [0.3, 0.4) is 0 Å². The van der Waals surface area contributed by atoms with Crippen LogP contribution in [0.25, 0.3) is 11.3 Å². The minimum atomic E-state index is 0.751. The zero-order valence-corrected chi connectivity index (χ0v) is 15.1. The van der Waals surface area contributed by atoms with Crippen LogP contribution in [0, 0.1) is 6.92 Å². The number of para-hydroxylation sites is 1. The van der Waals surface area contributed by atoms with Gasteiger partial charge in [-0.05, 0) is 18.6 Å². The van der Waals surface area contributed by atoms with Crippen molar-refractivity contribution in [2.45, 2.75) is 6.92 Å². The second kappa shape index (κ2) is 7.25. The molecule has 0 radical (unpaired) electrons. The molecule has 0 spiro atoms. The first kappa shape index (κ1) is 16.1. The lowest BCUT2D eigenvalue weighted by Gasteiger charge is -2.31. The van der Waals surface area contributed by atoms with E-state index in [4.69, 9.17) is 9.73 Å². The number of rotatable bonds is 3. The van der Waals surface area contributed by atoms with Crippen LogP contribution in [-0.4, -0.2) is 31.0 Å². The summed E-state index contributed by atoms with van der Waals surface area (Å²) in [6.07, 6.45) is 0. The second-order valence-corrected chi connectivity index (χ2v) is 6.88. The van der Waals surface area contributed by atoms with Gasteiger partial charge in [0.15, 0.2) is 0 Å². The molecule has 0 N–H and O–H groups in total. The first-order valence-corrected chi connectivity index (χ1v) is 9.40. The van der Waals surface area contributed by atoms with E-state index in [1.807, 2.05) is 18.2 Å². The van der Waals surface area contributed by atoms with Crippen LogP contribution in [-0.2, 0) is 4.74 Å². The number of hydrogen-bond donors (Lipinski definition) is 0. The first-order chi connectivity index (χ1) is 12.3. The lowest BCUT2D eigenvalue weighted by Crippen LogP contribution is -2.48. The molecule has 0 unspecified atom stereocenters. The maximum absolute atomic E-state index is 5.54. The number of aryl methyl sites for hydroxylation is 1. The standard InChI is InChI=1S/C20H21N3OS/c1-16-7-5-6-10-18(16)21-20-23(22-11-13-24-14-12-22)19(15-25-20)17-8-3-2-4-9-17/h2-10,15H,11-14H2,1H3. The van der Waals surface area contributed by atoms with E-state index < -0.39 is 0 Å². The topological polar surface area (TPSA) is 29.8 Å². The van der Waals surface area contributed by atoms with Gasteiger partial charge in [0, 0.05) is 10.9 Å². The first-order valence-electron chi connectivity index (χ1n) is 8.52. The number of nitrogens with zero attached hydrogens (tertiary/aromatic N) is 3. The fourth-order valence-corrected chi connectivity index (χ4v) is 3.92. The highest BCUT2D eigenvalue weighted by Gasteiger charge is 2.17. The van der Waals surface area contributed by atoms with Crippen LogP contribution in [0.2, 0.25) is 0 Å². The predicted molar refractivity (Wildman–Crippen MR) is 103 cm³/mol. The number of benzene rings is 2. The molecule has 1 aromatic heterocycles. The van der Waals surface area contributed by atoms with Crippen molar-refractivity contribution in [3.8, 4) is 11.3 Å². The van der Waals surface area contributed by atoms with Crippen molar-refractivity contribution >= 4 is 17.0 Å². The Morgan fingerprint density at radius 2 is 1.68 bits per heavy atom. The van der Waals surface area contributed by atoms with Crippen LogP contribution < -0.4 is 9.81 Å². The van der Waals surface area contributed by atoms with E-state index in [1.165, 1.54) is 16.8 Å². The van der Waals surface area contributed by atoms with Gasteiger partial charge in [0.05, 0.1) is 37.7 Å². The van der Waals surface area contributed by atoms with Gasteiger partial charge < -0.3 is 9.75 Å². The average molecular weight is 351 g/mol. The third-order valence-electron chi connectivity index (χ3n) is 4.36. The normalized spacial score (nSPS) is 15.6. The van der Waals surface area contributed by atoms with E-state index in [0.29, 0.717) is 0 Å². The molecule has 25 heavy (non-hydrogen) atoms. The molecule has 3 aromatic rings. The summed E-state index contributed by atoms with van der Waals surface area (Å²) < 4.78 is 7.80. The molecule has 1 saturated heterocycles. The third-order valence-corrected chi connectivity index (χ3v) is 5.17. The van der Waals surface area contributed by atoms with Crippen molar-refractivity contribution < 1.29 is 4.74 Å². The molecule has 1 aliphatic rings. The molecule has 4 nitrogen and oxygen atoms in total. The lowest BCUT2D eigenvalue weighted by molar-refractivity contribution is 0.111. The quantitative estimate of drug-likeness (QED) is 0.720. The van der Waals surface area contributed by atoms with Crippen LogP contribution in [0.15, 0.2) is 65.0 Å². The molecule has 0 saturated carbocycles. The summed E-state index contributed by atoms with van der Waals surface area (Å²) in [5, 5.41) is 4.53. The summed E-state index contributed by atoms with van der Waals surface area (Å²) in [7, 11) is 0. The van der Waals surface area contributed by atoms with E-state index in [-0.39, 0.29) is 0 Å². The van der Waals surface area contributed by atoms with E-state index in [9.17, 15) is 0 Å². The van der Waals surface area contributed by atoms with Crippen molar-refractivity contribution in [1.29, 1.82) is 0 Å². The minimum absolute atomic E-state index is 0.751. The molecule has 0 amide bonds. The molecule has 2 heterocycles. The number of aromatic nitrogens is 1. The highest BCUT2D eigenvalue weighted by atomic mass is 32.1. The van der Waals surface area contributed by atoms with Gasteiger partial charge in [0.1, 0.15) is 0 Å². The van der Waals surface area contributed by atoms with Crippen LogP contribution in [0.1, 0.15) is 5.56 Å². The summed E-state index contributed by atoms with van der Waals surface area (Å²) in [6, 6.07) is 18.8. The molecule has 0 aliphatic carbocycles. The van der Waals surface area contributed by atoms with Crippen molar-refractivity contribution in [3.63, 3.8) is 0 Å². The number of hydrogen-bond acceptors (Lipinski definition) is 4. The van der Waals surface area contributed by atoms with Gasteiger partial charge in [-0.15, -0.1) is 11.3 Å². The number of ether oxygens (including phenoxy) is 1. The van der Waals surface area contributed by atoms with E-state index in [2.05, 4.69) is 58.4 Å². The minimum Gasteiger partial charge on any atom is -0.378 e. The molecular formula is C20H21N3OS. The summed E-state index contributed by atoms with van der Waals surface area (Å²) in [4.78, 5) is 5.96. The van der Waals surface area contributed by atoms with E-state index >= 15 is 0 Å². The summed E-state index contributed by atoms with van der Waals surface area (Å²) >= 11 is 1.68. The zero-order valence-electron chi connectivity index (χ0n) is 14.3. The van der Waals surface area contributed by atoms with E-state index in [1.54, 1.807) is 11.3 Å². The fourth-order valence-electron chi connectivity index (χ4n) is 3.00. The third kappa shape index (κ3) is 3.38. The number of thiazole rings is 1. The lowest BCUT2D eigenvalue weighted by atomic mass is 10.2. The van der Waals surface area contributed by atoms with Gasteiger partial charge in [-0.2, -0.15) is 0 Å². The second-order valence-electron chi connectivity index (χ2n) is 6.05. The summed E-state index contributed by atoms with van der Waals surface area (Å²) in [5.41, 5.74) is 4.59. The van der Waals surface area contributed by atoms with Crippen LogP contribution in [0.4, 0.5) is 5.69 Å². The van der Waals surface area contributed by atoms with Gasteiger partial charge in [0.25, 0.3) is 0 Å². The Balaban J connectivity index is 1.87. The molecule has 2 aromatic carbocycles. The highest BCUT2D eigenvalue weighted by Crippen LogP contribution is 2.22. The fraction of sp³-hybridized carbons (Fsp3) is 0.250. The molecular weight excluding hydrogens is 330 g/mol. The zero-order chi connectivity index (χ0) is 17.1. The van der Waals surface area contributed by atoms with Crippen molar-refractivity contribution in [3.05, 3.63) is 70.3 Å². The Morgan fingerprint density at radius 1 is 0.960 bits per heavy atom. The SMILES string of the molecule is Cc1ccccc1N=c1scc(-c2ccccc2)n1N1CCOCC1. The Kier molecular flexibility index (Phi) is 4.68. The summed E-state index contributed by atoms with van der Waals surface area (Å²) in [5.74, 6) is 0. The van der Waals surface area contributed by atoms with E-state index in [0.717, 1.165) is 36.8 Å². The molecule has 128 valence electrons. The van der Waals surface area contributed by atoms with Crippen molar-refractivity contribution in [1.82, 2.24) is 4.68 Å². The van der Waals surface area contributed by atoms with Gasteiger partial charge in [-0.25, -0.2) is 9.67 Å². The Hall–Kier alpha value is -2.37. The molecule has 1 aliphatic heterocycles. The Labute approximate surface area is 151 Å². The Morgan fingerprint density at radius 3 is 2.44 bits per heavy atom. The number of morpholine rings is 1. The van der Waals surface area contributed by atoms with Crippen molar-refractivity contribution in [2.75, 3.05) is 31.3 Å². The largest absolute Gasteiger partial charge is 0.378 e. The summed E-state index contributed by atoms with van der Waals surface area (Å²) in [6.45, 7) is 5.35. The molecule has 5 heteroatoms. The Bertz CT molecular complexity index is 908. The monoisotopic (exact) mass is 351 g/mol. The van der Waals surface area contributed by atoms with Gasteiger partial charge in [-0.1, -0.05) is 48.5 Å². The molecule has 0 bridgehead atoms. The highest BCUT2D eigenvalue weighted by molar-refractivity contribution is 7.07. The van der Waals surface area contributed by atoms with Crippen molar-refractivity contribution in [2.24, 2.45) is 4.99 Å². The van der Waals surface area contributed by atoms with Gasteiger partial charge in [0.2, 0.25) is 4.80 Å². The maximum atomic E-state index is 5.54. The maximum Gasteiger partial charge on any atom is 0.209 e. The van der Waals surface area contributed by atoms with Gasteiger partial charge in [-0.3, -0.25) is 0 Å². The van der Waals surface area contributed by atoms with Crippen LogP contribution in [0.5, 0.6) is 0 Å².